The molecule has 0 saturated heterocycles. The van der Waals surface area contributed by atoms with Crippen LogP contribution in [0.5, 0.6) is 0 Å². The topological polar surface area (TPSA) is 17.1 Å². The van der Waals surface area contributed by atoms with Crippen LogP contribution in [0.3, 0.4) is 0 Å². The van der Waals surface area contributed by atoms with Crippen LogP contribution in [0.15, 0.2) is 0 Å². The Morgan fingerprint density at radius 2 is 2.20 bits per heavy atom. The van der Waals surface area contributed by atoms with Crippen molar-refractivity contribution in [3.8, 4) is 11.8 Å². The van der Waals surface area contributed by atoms with Gasteiger partial charge in [0, 0.05) is 25.5 Å². The fourth-order valence-electron chi connectivity index (χ4n) is 0.459. The first-order valence-electron chi connectivity index (χ1n) is 3.36. The summed E-state index contributed by atoms with van der Waals surface area (Å²) in [5.41, 5.74) is 0. The zero-order chi connectivity index (χ0) is 7.82. The molecule has 0 aromatic heterocycles. The molecule has 0 N–H and O–H groups in total. The summed E-state index contributed by atoms with van der Waals surface area (Å²) in [7, 11) is 0. The van der Waals surface area contributed by atoms with Gasteiger partial charge in [0.25, 0.3) is 0 Å². The summed E-state index contributed by atoms with van der Waals surface area (Å²) < 4.78 is 0. The van der Waals surface area contributed by atoms with E-state index in [1.807, 2.05) is 6.92 Å². The molecular weight excluding hydrogens is 144 g/mol. The molecule has 0 aliphatic rings. The quantitative estimate of drug-likeness (QED) is 0.449. The molecule has 1 nitrogen and oxygen atoms in total. The minimum Gasteiger partial charge on any atom is -0.288 e. The second-order valence-electron chi connectivity index (χ2n) is 1.80. The first kappa shape index (κ1) is 9.58. The second-order valence-corrected chi connectivity index (χ2v) is 3.07. The van der Waals surface area contributed by atoms with E-state index in [0.717, 1.165) is 18.6 Å². The fraction of sp³-hybridized carbons (Fsp3) is 0.625. The van der Waals surface area contributed by atoms with E-state index in [-0.39, 0.29) is 5.12 Å². The first-order valence-corrected chi connectivity index (χ1v) is 4.35. The highest BCUT2D eigenvalue weighted by molar-refractivity contribution is 8.13. The molecule has 0 atom stereocenters. The van der Waals surface area contributed by atoms with Crippen molar-refractivity contribution < 1.29 is 4.79 Å². The van der Waals surface area contributed by atoms with Crippen LogP contribution in [0, 0.1) is 11.8 Å². The van der Waals surface area contributed by atoms with Crippen LogP contribution in [0.4, 0.5) is 0 Å². The van der Waals surface area contributed by atoms with E-state index < -0.39 is 0 Å². The third kappa shape index (κ3) is 7.58. The van der Waals surface area contributed by atoms with Crippen LogP contribution >= 0.6 is 11.8 Å². The van der Waals surface area contributed by atoms with Gasteiger partial charge in [0.1, 0.15) is 0 Å². The number of carbonyl (C=O) groups is 1. The Kier molecular flexibility index (Phi) is 6.42. The van der Waals surface area contributed by atoms with Gasteiger partial charge in [-0.3, -0.25) is 4.79 Å². The van der Waals surface area contributed by atoms with E-state index in [1.54, 1.807) is 6.92 Å². The van der Waals surface area contributed by atoms with E-state index >= 15 is 0 Å². The van der Waals surface area contributed by atoms with Crippen molar-refractivity contribution in [3.05, 3.63) is 0 Å². The van der Waals surface area contributed by atoms with Gasteiger partial charge in [-0.2, -0.15) is 0 Å². The van der Waals surface area contributed by atoms with Crippen LogP contribution in [-0.4, -0.2) is 10.9 Å². The van der Waals surface area contributed by atoms with Gasteiger partial charge in [-0.05, 0) is 0 Å². The summed E-state index contributed by atoms with van der Waals surface area (Å²) in [6.45, 7) is 3.60. The number of thioether (sulfide) groups is 1. The summed E-state index contributed by atoms with van der Waals surface area (Å²) in [5, 5.41) is 0.179. The van der Waals surface area contributed by atoms with E-state index in [1.165, 1.54) is 11.8 Å². The molecule has 0 aliphatic heterocycles. The molecule has 0 unspecified atom stereocenters. The van der Waals surface area contributed by atoms with Gasteiger partial charge in [0.05, 0.1) is 0 Å². The molecule has 0 rings (SSSR count). The minimum absolute atomic E-state index is 0.179. The van der Waals surface area contributed by atoms with Crippen LogP contribution in [0.1, 0.15) is 26.7 Å². The van der Waals surface area contributed by atoms with Crippen molar-refractivity contribution in [1.29, 1.82) is 0 Å². The van der Waals surface area contributed by atoms with Crippen molar-refractivity contribution in [1.82, 2.24) is 0 Å². The van der Waals surface area contributed by atoms with Gasteiger partial charge < -0.3 is 0 Å². The predicted molar refractivity (Wildman–Crippen MR) is 45.8 cm³/mol. The summed E-state index contributed by atoms with van der Waals surface area (Å²) in [5.74, 6) is 6.75. The lowest BCUT2D eigenvalue weighted by Crippen LogP contribution is -1.83. The lowest BCUT2D eigenvalue weighted by Gasteiger charge is -1.87. The van der Waals surface area contributed by atoms with Crippen LogP contribution < -0.4 is 0 Å². The highest BCUT2D eigenvalue weighted by Crippen LogP contribution is 2.01. The standard InChI is InChI=1S/C8H12OS/c1-3-4-5-6-7-10-8(2)9/h3,6-7H2,1-2H3. The lowest BCUT2D eigenvalue weighted by molar-refractivity contribution is -0.109. The molecule has 0 spiro atoms. The van der Waals surface area contributed by atoms with Crippen molar-refractivity contribution in [3.63, 3.8) is 0 Å². The molecule has 0 heterocycles. The monoisotopic (exact) mass is 156 g/mol. The maximum absolute atomic E-state index is 10.4. The van der Waals surface area contributed by atoms with Crippen LogP contribution in [0.2, 0.25) is 0 Å². The summed E-state index contributed by atoms with van der Waals surface area (Å²) in [6, 6.07) is 0. The third-order valence-electron chi connectivity index (χ3n) is 0.834. The van der Waals surface area contributed by atoms with Gasteiger partial charge in [-0.25, -0.2) is 0 Å². The van der Waals surface area contributed by atoms with E-state index in [0.29, 0.717) is 0 Å². The van der Waals surface area contributed by atoms with Crippen LogP contribution in [0.25, 0.3) is 0 Å². The zero-order valence-electron chi connectivity index (χ0n) is 6.44. The van der Waals surface area contributed by atoms with Crippen molar-refractivity contribution in [2.45, 2.75) is 26.7 Å². The maximum atomic E-state index is 10.4. The molecule has 0 aromatic rings. The summed E-state index contributed by atoms with van der Waals surface area (Å²) in [4.78, 5) is 10.4. The smallest absolute Gasteiger partial charge is 0.185 e. The van der Waals surface area contributed by atoms with Gasteiger partial charge in [-0.1, -0.05) is 18.7 Å². The van der Waals surface area contributed by atoms with Gasteiger partial charge in [0.15, 0.2) is 5.12 Å². The summed E-state index contributed by atoms with van der Waals surface area (Å²) >= 11 is 1.34. The Labute approximate surface area is 66.6 Å². The van der Waals surface area contributed by atoms with Crippen molar-refractivity contribution in [2.75, 3.05) is 5.75 Å². The molecule has 0 saturated carbocycles. The van der Waals surface area contributed by atoms with Crippen molar-refractivity contribution in [2.24, 2.45) is 0 Å². The van der Waals surface area contributed by atoms with E-state index in [9.17, 15) is 4.79 Å². The number of carbonyl (C=O) groups excluding carboxylic acids is 1. The Balaban J connectivity index is 3.13. The second kappa shape index (κ2) is 6.70. The average molecular weight is 156 g/mol. The van der Waals surface area contributed by atoms with E-state index in [2.05, 4.69) is 11.8 Å². The van der Waals surface area contributed by atoms with Gasteiger partial charge >= 0.3 is 0 Å². The van der Waals surface area contributed by atoms with Crippen LogP contribution in [-0.2, 0) is 4.79 Å². The minimum atomic E-state index is 0.179. The Morgan fingerprint density at radius 1 is 1.50 bits per heavy atom. The van der Waals surface area contributed by atoms with Gasteiger partial charge in [0.2, 0.25) is 0 Å². The average Bonchev–Trinajstić information content (AvgIpc) is 1.87. The molecule has 0 radical (unpaired) electrons. The normalized spacial score (nSPS) is 8.20. The Bertz CT molecular complexity index is 152. The molecular formula is C8H12OS. The molecule has 0 amide bonds. The highest BCUT2D eigenvalue weighted by atomic mass is 32.2. The fourth-order valence-corrected chi connectivity index (χ4v) is 0.951. The maximum Gasteiger partial charge on any atom is 0.185 e. The number of rotatable bonds is 2. The molecule has 10 heavy (non-hydrogen) atoms. The highest BCUT2D eigenvalue weighted by Gasteiger charge is 1.89. The SMILES string of the molecule is CCC#CCCSC(C)=O. The Hall–Kier alpha value is -0.420. The third-order valence-corrected chi connectivity index (χ3v) is 1.65. The molecule has 0 aliphatic carbocycles. The molecule has 0 fully saturated rings. The Morgan fingerprint density at radius 3 is 2.70 bits per heavy atom. The zero-order valence-corrected chi connectivity index (χ0v) is 7.25. The summed E-state index contributed by atoms with van der Waals surface area (Å²) in [6.07, 6.45) is 1.74. The van der Waals surface area contributed by atoms with Crippen molar-refractivity contribution >= 4 is 16.9 Å². The van der Waals surface area contributed by atoms with Gasteiger partial charge in [-0.15, -0.1) is 11.8 Å². The van der Waals surface area contributed by atoms with E-state index in [4.69, 9.17) is 0 Å². The first-order chi connectivity index (χ1) is 4.77. The molecule has 2 heteroatoms. The molecule has 0 aromatic carbocycles. The molecule has 56 valence electrons. The largest absolute Gasteiger partial charge is 0.288 e. The lowest BCUT2D eigenvalue weighted by atomic mass is 10.4. The molecule has 0 bridgehead atoms. The number of hydrogen-bond acceptors (Lipinski definition) is 2. The number of hydrogen-bond donors (Lipinski definition) is 0. The predicted octanol–water partition coefficient (Wildman–Crippen LogP) is 2.07.